The maximum absolute atomic E-state index is 12.1. The molecule has 0 saturated carbocycles. The molecule has 0 aliphatic rings. The smallest absolute Gasteiger partial charge is 0.253 e. The molecule has 0 aromatic heterocycles. The fraction of sp³-hybridized carbons (Fsp3) is 0.222. The first-order chi connectivity index (χ1) is 11.5. The maximum Gasteiger partial charge on any atom is 0.253 e. The number of nitrogens with zero attached hydrogens (tertiary/aromatic N) is 1. The lowest BCUT2D eigenvalue weighted by molar-refractivity contribution is -0.114. The summed E-state index contributed by atoms with van der Waals surface area (Å²) in [7, 11) is 4.95. The zero-order valence-electron chi connectivity index (χ0n) is 14.0. The summed E-state index contributed by atoms with van der Waals surface area (Å²) in [6.07, 6.45) is 0. The zero-order valence-corrected chi connectivity index (χ0v) is 14.0. The highest BCUT2D eigenvalue weighted by atomic mass is 16.5. The molecule has 0 aliphatic carbocycles. The van der Waals surface area contributed by atoms with Crippen LogP contribution < -0.4 is 15.4 Å². The first-order valence-electron chi connectivity index (χ1n) is 7.49. The lowest BCUT2D eigenvalue weighted by Crippen LogP contribution is -2.23. The highest BCUT2D eigenvalue weighted by Crippen LogP contribution is 2.22. The van der Waals surface area contributed by atoms with Gasteiger partial charge in [0, 0.05) is 25.3 Å². The van der Waals surface area contributed by atoms with E-state index in [0.29, 0.717) is 22.7 Å². The van der Waals surface area contributed by atoms with Crippen molar-refractivity contribution in [1.82, 2.24) is 4.90 Å². The van der Waals surface area contributed by atoms with Crippen molar-refractivity contribution in [2.75, 3.05) is 38.4 Å². The van der Waals surface area contributed by atoms with Crippen molar-refractivity contribution in [3.63, 3.8) is 0 Å². The summed E-state index contributed by atoms with van der Waals surface area (Å²) in [6.45, 7) is 0.0810. The lowest BCUT2D eigenvalue weighted by atomic mass is 10.2. The third-order valence-corrected chi connectivity index (χ3v) is 3.35. The SMILES string of the molecule is COc1ccccc1NC(=O)CNc1cccc(C(=O)N(C)C)c1. The summed E-state index contributed by atoms with van der Waals surface area (Å²) in [5.74, 6) is 0.311. The number of hydrogen-bond acceptors (Lipinski definition) is 4. The topological polar surface area (TPSA) is 70.7 Å². The molecule has 6 nitrogen and oxygen atoms in total. The summed E-state index contributed by atoms with van der Waals surface area (Å²) in [6, 6.07) is 14.2. The number of ether oxygens (including phenoxy) is 1. The van der Waals surface area contributed by atoms with Gasteiger partial charge in [-0.05, 0) is 30.3 Å². The van der Waals surface area contributed by atoms with E-state index in [1.807, 2.05) is 18.2 Å². The Morgan fingerprint density at radius 2 is 1.83 bits per heavy atom. The molecule has 0 spiro atoms. The maximum atomic E-state index is 12.1. The number of methoxy groups -OCH3 is 1. The van der Waals surface area contributed by atoms with E-state index in [4.69, 9.17) is 4.74 Å². The number of carbonyl (C=O) groups excluding carboxylic acids is 2. The van der Waals surface area contributed by atoms with E-state index in [2.05, 4.69) is 10.6 Å². The molecule has 0 saturated heterocycles. The number of para-hydroxylation sites is 2. The predicted molar refractivity (Wildman–Crippen MR) is 94.6 cm³/mol. The number of amides is 2. The summed E-state index contributed by atoms with van der Waals surface area (Å²) in [4.78, 5) is 25.5. The summed E-state index contributed by atoms with van der Waals surface area (Å²) >= 11 is 0. The van der Waals surface area contributed by atoms with Gasteiger partial charge in [0.15, 0.2) is 0 Å². The summed E-state index contributed by atoms with van der Waals surface area (Å²) in [5.41, 5.74) is 1.89. The second-order valence-electron chi connectivity index (χ2n) is 5.38. The molecule has 0 fully saturated rings. The Bertz CT molecular complexity index is 729. The van der Waals surface area contributed by atoms with Crippen LogP contribution in [0.2, 0.25) is 0 Å². The molecule has 0 heterocycles. The van der Waals surface area contributed by atoms with Gasteiger partial charge < -0.3 is 20.3 Å². The number of hydrogen-bond donors (Lipinski definition) is 2. The van der Waals surface area contributed by atoms with Crippen molar-refractivity contribution in [3.05, 3.63) is 54.1 Å². The Hall–Kier alpha value is -3.02. The third-order valence-electron chi connectivity index (χ3n) is 3.35. The molecule has 0 radical (unpaired) electrons. The monoisotopic (exact) mass is 327 g/mol. The van der Waals surface area contributed by atoms with Crippen molar-refractivity contribution in [1.29, 1.82) is 0 Å². The molecule has 2 amide bonds. The third kappa shape index (κ3) is 4.49. The fourth-order valence-electron chi connectivity index (χ4n) is 2.15. The molecule has 126 valence electrons. The van der Waals surface area contributed by atoms with E-state index in [1.165, 1.54) is 4.90 Å². The Labute approximate surface area is 141 Å². The average molecular weight is 327 g/mol. The molecule has 0 atom stereocenters. The number of benzene rings is 2. The number of rotatable bonds is 6. The van der Waals surface area contributed by atoms with Crippen molar-refractivity contribution in [2.24, 2.45) is 0 Å². The Morgan fingerprint density at radius 1 is 1.08 bits per heavy atom. The Kier molecular flexibility index (Phi) is 5.78. The molecule has 2 rings (SSSR count). The van der Waals surface area contributed by atoms with Crippen LogP contribution in [0.25, 0.3) is 0 Å². The van der Waals surface area contributed by atoms with E-state index < -0.39 is 0 Å². The highest BCUT2D eigenvalue weighted by Gasteiger charge is 2.09. The van der Waals surface area contributed by atoms with Gasteiger partial charge in [-0.3, -0.25) is 9.59 Å². The predicted octanol–water partition coefficient (Wildman–Crippen LogP) is 2.45. The van der Waals surface area contributed by atoms with E-state index in [1.54, 1.807) is 51.5 Å². The molecule has 0 unspecified atom stereocenters. The Morgan fingerprint density at radius 3 is 2.54 bits per heavy atom. The molecular formula is C18H21N3O3. The first-order valence-corrected chi connectivity index (χ1v) is 7.49. The quantitative estimate of drug-likeness (QED) is 0.855. The zero-order chi connectivity index (χ0) is 17.5. The van der Waals surface area contributed by atoms with Crippen molar-refractivity contribution in [3.8, 4) is 5.75 Å². The van der Waals surface area contributed by atoms with Gasteiger partial charge in [0.25, 0.3) is 5.91 Å². The largest absolute Gasteiger partial charge is 0.495 e. The van der Waals surface area contributed by atoms with Crippen LogP contribution in [-0.2, 0) is 4.79 Å². The van der Waals surface area contributed by atoms with Crippen molar-refractivity contribution >= 4 is 23.2 Å². The van der Waals surface area contributed by atoms with Gasteiger partial charge in [0.2, 0.25) is 5.91 Å². The van der Waals surface area contributed by atoms with Gasteiger partial charge in [-0.15, -0.1) is 0 Å². The standard InChI is InChI=1S/C18H21N3O3/c1-21(2)18(23)13-7-6-8-14(11-13)19-12-17(22)20-15-9-4-5-10-16(15)24-3/h4-11,19H,12H2,1-3H3,(H,20,22). The number of nitrogens with one attached hydrogen (secondary N) is 2. The van der Waals surface area contributed by atoms with E-state index in [0.717, 1.165) is 0 Å². The van der Waals surface area contributed by atoms with Crippen LogP contribution in [-0.4, -0.2) is 44.5 Å². The van der Waals surface area contributed by atoms with Crippen molar-refractivity contribution < 1.29 is 14.3 Å². The highest BCUT2D eigenvalue weighted by molar-refractivity contribution is 5.96. The fourth-order valence-corrected chi connectivity index (χ4v) is 2.15. The molecular weight excluding hydrogens is 306 g/mol. The van der Waals surface area contributed by atoms with Crippen LogP contribution in [0.3, 0.4) is 0 Å². The second kappa shape index (κ2) is 8.01. The summed E-state index contributed by atoms with van der Waals surface area (Å²) in [5, 5.41) is 5.80. The van der Waals surface area contributed by atoms with Crippen LogP contribution in [0.5, 0.6) is 5.75 Å². The van der Waals surface area contributed by atoms with Crippen LogP contribution in [0.15, 0.2) is 48.5 Å². The molecule has 2 aromatic carbocycles. The Balaban J connectivity index is 1.97. The summed E-state index contributed by atoms with van der Waals surface area (Å²) < 4.78 is 5.20. The van der Waals surface area contributed by atoms with Crippen LogP contribution in [0, 0.1) is 0 Å². The normalized spacial score (nSPS) is 9.96. The van der Waals surface area contributed by atoms with Crippen LogP contribution in [0.4, 0.5) is 11.4 Å². The molecule has 6 heteroatoms. The number of carbonyl (C=O) groups is 2. The van der Waals surface area contributed by atoms with Gasteiger partial charge >= 0.3 is 0 Å². The minimum atomic E-state index is -0.205. The van der Waals surface area contributed by atoms with Gasteiger partial charge in [-0.2, -0.15) is 0 Å². The van der Waals surface area contributed by atoms with E-state index in [-0.39, 0.29) is 18.4 Å². The molecule has 0 bridgehead atoms. The minimum Gasteiger partial charge on any atom is -0.495 e. The second-order valence-corrected chi connectivity index (χ2v) is 5.38. The lowest BCUT2D eigenvalue weighted by Gasteiger charge is -2.13. The minimum absolute atomic E-state index is 0.0810. The van der Waals surface area contributed by atoms with Crippen LogP contribution in [0.1, 0.15) is 10.4 Å². The van der Waals surface area contributed by atoms with Gasteiger partial charge in [-0.25, -0.2) is 0 Å². The first kappa shape index (κ1) is 17.3. The molecule has 24 heavy (non-hydrogen) atoms. The van der Waals surface area contributed by atoms with Gasteiger partial charge in [0.1, 0.15) is 5.75 Å². The van der Waals surface area contributed by atoms with Crippen molar-refractivity contribution in [2.45, 2.75) is 0 Å². The molecule has 2 N–H and O–H groups in total. The molecule has 0 aliphatic heterocycles. The van der Waals surface area contributed by atoms with Crippen LogP contribution >= 0.6 is 0 Å². The number of anilines is 2. The van der Waals surface area contributed by atoms with Gasteiger partial charge in [-0.1, -0.05) is 18.2 Å². The van der Waals surface area contributed by atoms with E-state index >= 15 is 0 Å². The van der Waals surface area contributed by atoms with E-state index in [9.17, 15) is 9.59 Å². The average Bonchev–Trinajstić information content (AvgIpc) is 2.60. The van der Waals surface area contributed by atoms with Gasteiger partial charge in [0.05, 0.1) is 19.3 Å². The molecule has 2 aromatic rings.